The highest BCUT2D eigenvalue weighted by atomic mass is 127. The molecule has 0 aliphatic carbocycles. The maximum absolute atomic E-state index is 4.38. The normalized spacial score (nSPS) is 11.8. The van der Waals surface area contributed by atoms with E-state index in [4.69, 9.17) is 0 Å². The summed E-state index contributed by atoms with van der Waals surface area (Å²) in [6.45, 7) is 2.02. The Balaban J connectivity index is 2.56. The van der Waals surface area contributed by atoms with E-state index >= 15 is 0 Å². The largest absolute Gasteiger partial charge is 0.322 e. The Morgan fingerprint density at radius 2 is 1.85 bits per heavy atom. The molecule has 0 fully saturated rings. The molecule has 0 radical (unpaired) electrons. The molecule has 0 bridgehead atoms. The third kappa shape index (κ3) is 1.12. The summed E-state index contributed by atoms with van der Waals surface area (Å²) in [6.07, 6.45) is 0. The monoisotopic (exact) mass is 321 g/mol. The van der Waals surface area contributed by atoms with Crippen LogP contribution in [0.1, 0.15) is 5.01 Å². The maximum atomic E-state index is 4.38. The Labute approximate surface area is 95.4 Å². The molecule has 0 saturated carbocycles. The van der Waals surface area contributed by atoms with Gasteiger partial charge in [-0.2, -0.15) is 0 Å². The number of hydrogen-bond donors (Lipinski definition) is 1. The molecule has 0 unspecified atom stereocenters. The predicted molar refractivity (Wildman–Crippen MR) is 64.6 cm³/mol. The summed E-state index contributed by atoms with van der Waals surface area (Å²) in [7, 11) is 0. The van der Waals surface area contributed by atoms with E-state index in [1.54, 1.807) is 22.7 Å². The zero-order valence-electron chi connectivity index (χ0n) is 6.59. The van der Waals surface area contributed by atoms with Gasteiger partial charge in [-0.1, -0.05) is 0 Å². The summed E-state index contributed by atoms with van der Waals surface area (Å²) >= 11 is 5.68. The number of halogens is 1. The molecule has 0 saturated heterocycles. The minimum atomic E-state index is 0.975. The maximum Gasteiger partial charge on any atom is 0.156 e. The third-order valence-electron chi connectivity index (χ3n) is 1.78. The van der Waals surface area contributed by atoms with Crippen molar-refractivity contribution in [3.8, 4) is 0 Å². The first-order valence-corrected chi connectivity index (χ1v) is 6.36. The molecule has 66 valence electrons. The highest BCUT2D eigenvalue weighted by molar-refractivity contribution is 14.1. The minimum absolute atomic E-state index is 0.975. The van der Waals surface area contributed by atoms with Gasteiger partial charge in [0, 0.05) is 0 Å². The zero-order valence-corrected chi connectivity index (χ0v) is 10.4. The summed E-state index contributed by atoms with van der Waals surface area (Å²) in [6, 6.07) is 0. The molecule has 0 atom stereocenters. The van der Waals surface area contributed by atoms with Gasteiger partial charge in [-0.15, -0.1) is 22.7 Å². The third-order valence-corrected chi connectivity index (χ3v) is 4.66. The second-order valence-electron chi connectivity index (χ2n) is 2.68. The van der Waals surface area contributed by atoms with Crippen molar-refractivity contribution >= 4 is 66.0 Å². The molecule has 13 heavy (non-hydrogen) atoms. The van der Waals surface area contributed by atoms with Crippen molar-refractivity contribution in [1.29, 1.82) is 0 Å². The topological polar surface area (TPSA) is 41.6 Å². The number of H-pyrrole nitrogens is 1. The van der Waals surface area contributed by atoms with E-state index in [2.05, 4.69) is 37.5 Å². The van der Waals surface area contributed by atoms with Gasteiger partial charge >= 0.3 is 0 Å². The number of nitrogens with one attached hydrogen (secondary N) is 1. The van der Waals surface area contributed by atoms with Gasteiger partial charge in [0.15, 0.2) is 14.3 Å². The molecule has 0 aliphatic rings. The first-order valence-electron chi connectivity index (χ1n) is 3.65. The average Bonchev–Trinajstić information content (AvgIpc) is 2.60. The number of nitrogens with zero attached hydrogens (tertiary/aromatic N) is 2. The number of aromatic amines is 1. The van der Waals surface area contributed by atoms with Crippen molar-refractivity contribution < 1.29 is 0 Å². The lowest BCUT2D eigenvalue weighted by atomic mass is 10.6. The fourth-order valence-electron chi connectivity index (χ4n) is 1.31. The number of hydrogen-bond acceptors (Lipinski definition) is 4. The van der Waals surface area contributed by atoms with Gasteiger partial charge in [-0.25, -0.2) is 9.97 Å². The van der Waals surface area contributed by atoms with E-state index in [1.807, 2.05) is 6.92 Å². The highest BCUT2D eigenvalue weighted by Crippen LogP contribution is 2.34. The molecule has 3 nitrogen and oxygen atoms in total. The van der Waals surface area contributed by atoms with Crippen molar-refractivity contribution in [2.45, 2.75) is 6.92 Å². The van der Waals surface area contributed by atoms with E-state index in [1.165, 1.54) is 9.40 Å². The van der Waals surface area contributed by atoms with Gasteiger partial charge in [0.25, 0.3) is 0 Å². The summed E-state index contributed by atoms with van der Waals surface area (Å²) in [5.74, 6) is 0. The second-order valence-corrected chi connectivity index (χ2v) is 6.64. The number of rotatable bonds is 0. The summed E-state index contributed by atoms with van der Waals surface area (Å²) in [5, 5.41) is 1.10. The van der Waals surface area contributed by atoms with Crippen LogP contribution in [0.25, 0.3) is 20.7 Å². The molecule has 3 rings (SSSR count). The van der Waals surface area contributed by atoms with Crippen LogP contribution in [0.5, 0.6) is 0 Å². The molecule has 6 heteroatoms. The quantitative estimate of drug-likeness (QED) is 0.646. The zero-order chi connectivity index (χ0) is 9.00. The van der Waals surface area contributed by atoms with Crippen LogP contribution in [-0.4, -0.2) is 15.0 Å². The van der Waals surface area contributed by atoms with E-state index in [-0.39, 0.29) is 0 Å². The number of aromatic nitrogens is 3. The Hall–Kier alpha value is -0.210. The molecule has 0 aliphatic heterocycles. The van der Waals surface area contributed by atoms with Gasteiger partial charge in [0.05, 0.1) is 14.4 Å². The molecular weight excluding hydrogens is 317 g/mol. The standard InChI is InChI=1S/C7H4IN3S2/c1-2-9-5-3(12-2)4-6(10-5)11-7(8)13-4/h10H,1H3. The van der Waals surface area contributed by atoms with Crippen molar-refractivity contribution in [1.82, 2.24) is 15.0 Å². The van der Waals surface area contributed by atoms with Gasteiger partial charge < -0.3 is 4.98 Å². The van der Waals surface area contributed by atoms with Crippen molar-refractivity contribution in [2.24, 2.45) is 0 Å². The Morgan fingerprint density at radius 1 is 1.15 bits per heavy atom. The summed E-state index contributed by atoms with van der Waals surface area (Å²) in [4.78, 5) is 12.0. The van der Waals surface area contributed by atoms with Crippen LogP contribution >= 0.6 is 45.3 Å². The fourth-order valence-corrected chi connectivity index (χ4v) is 3.97. The van der Waals surface area contributed by atoms with Gasteiger partial charge in [-0.3, -0.25) is 0 Å². The molecule has 3 aromatic heterocycles. The van der Waals surface area contributed by atoms with E-state index in [0.29, 0.717) is 0 Å². The molecule has 1 N–H and O–H groups in total. The molecular formula is C7H4IN3S2. The first-order chi connectivity index (χ1) is 6.24. The van der Waals surface area contributed by atoms with Crippen LogP contribution in [0.2, 0.25) is 0 Å². The first kappa shape index (κ1) is 8.13. The van der Waals surface area contributed by atoms with Gasteiger partial charge in [-0.05, 0) is 29.5 Å². The lowest BCUT2D eigenvalue weighted by Gasteiger charge is -1.74. The smallest absolute Gasteiger partial charge is 0.156 e. The van der Waals surface area contributed by atoms with Crippen molar-refractivity contribution in [2.75, 3.05) is 0 Å². The Kier molecular flexibility index (Phi) is 1.65. The molecule has 0 spiro atoms. The van der Waals surface area contributed by atoms with Crippen LogP contribution in [-0.2, 0) is 0 Å². The van der Waals surface area contributed by atoms with Crippen LogP contribution < -0.4 is 0 Å². The lowest BCUT2D eigenvalue weighted by molar-refractivity contribution is 1.28. The summed E-state index contributed by atoms with van der Waals surface area (Å²) < 4.78 is 3.56. The predicted octanol–water partition coefficient (Wildman–Crippen LogP) is 3.15. The van der Waals surface area contributed by atoms with E-state index in [9.17, 15) is 0 Å². The number of thiazole rings is 2. The second kappa shape index (κ2) is 2.64. The molecule has 3 heterocycles. The van der Waals surface area contributed by atoms with Crippen LogP contribution in [0.3, 0.4) is 0 Å². The molecule has 3 aromatic rings. The van der Waals surface area contributed by atoms with E-state index in [0.717, 1.165) is 19.3 Å². The highest BCUT2D eigenvalue weighted by Gasteiger charge is 2.12. The number of fused-ring (bicyclic) bond motifs is 3. The van der Waals surface area contributed by atoms with Crippen molar-refractivity contribution in [3.05, 3.63) is 8.02 Å². The van der Waals surface area contributed by atoms with Crippen molar-refractivity contribution in [3.63, 3.8) is 0 Å². The van der Waals surface area contributed by atoms with E-state index < -0.39 is 0 Å². The Morgan fingerprint density at radius 3 is 2.69 bits per heavy atom. The van der Waals surface area contributed by atoms with Gasteiger partial charge in [0.1, 0.15) is 0 Å². The van der Waals surface area contributed by atoms with Gasteiger partial charge in [0.2, 0.25) is 0 Å². The fraction of sp³-hybridized carbons (Fsp3) is 0.143. The number of aryl methyl sites for hydroxylation is 1. The van der Waals surface area contributed by atoms with Crippen LogP contribution in [0.4, 0.5) is 0 Å². The minimum Gasteiger partial charge on any atom is -0.322 e. The van der Waals surface area contributed by atoms with Crippen LogP contribution in [0, 0.1) is 9.94 Å². The lowest BCUT2D eigenvalue weighted by Crippen LogP contribution is -1.71. The summed E-state index contributed by atoms with van der Waals surface area (Å²) in [5.41, 5.74) is 1.95. The molecule has 0 aromatic carbocycles. The molecule has 0 amide bonds. The SMILES string of the molecule is Cc1nc2[nH]c3nc(I)sc3c2s1. The average molecular weight is 321 g/mol. The van der Waals surface area contributed by atoms with Crippen LogP contribution in [0.15, 0.2) is 0 Å². The Bertz CT molecular complexity index is 540.